The molecule has 2 heterocycles. The van der Waals surface area contributed by atoms with Crippen LogP contribution in [0.4, 0.5) is 11.4 Å². The summed E-state index contributed by atoms with van der Waals surface area (Å²) < 4.78 is 11.0. The molecule has 2 aromatic carbocycles. The first kappa shape index (κ1) is 18.7. The summed E-state index contributed by atoms with van der Waals surface area (Å²) in [6, 6.07) is 17.2. The average Bonchev–Trinajstić information content (AvgIpc) is 2.77. The molecule has 0 saturated heterocycles. The smallest absolute Gasteiger partial charge is 0.170 e. The van der Waals surface area contributed by atoms with Crippen molar-refractivity contribution in [3.05, 3.63) is 78.1 Å². The maximum absolute atomic E-state index is 12.2. The summed E-state index contributed by atoms with van der Waals surface area (Å²) in [7, 11) is 1.65. The van der Waals surface area contributed by atoms with Crippen molar-refractivity contribution in [2.24, 2.45) is 4.99 Å². The molecule has 1 N–H and O–H groups in total. The van der Waals surface area contributed by atoms with Gasteiger partial charge in [-0.1, -0.05) is 12.1 Å². The van der Waals surface area contributed by atoms with Crippen molar-refractivity contribution in [2.45, 2.75) is 13.0 Å². The Bertz CT molecular complexity index is 1030. The second kappa shape index (κ2) is 8.56. The van der Waals surface area contributed by atoms with Crippen molar-refractivity contribution >= 4 is 22.9 Å². The van der Waals surface area contributed by atoms with Gasteiger partial charge < -0.3 is 14.8 Å². The lowest BCUT2D eigenvalue weighted by atomic mass is 10.0. The highest BCUT2D eigenvalue weighted by Crippen LogP contribution is 2.25. The highest BCUT2D eigenvalue weighted by molar-refractivity contribution is 6.16. The molecule has 0 bridgehead atoms. The van der Waals surface area contributed by atoms with Crippen LogP contribution in [0.2, 0.25) is 0 Å². The minimum Gasteiger partial charge on any atom is -0.497 e. The van der Waals surface area contributed by atoms with E-state index in [0.29, 0.717) is 30.8 Å². The Kier molecular flexibility index (Phi) is 5.52. The molecule has 0 aliphatic carbocycles. The minimum atomic E-state index is 0.0801. The van der Waals surface area contributed by atoms with E-state index in [0.717, 1.165) is 28.5 Å². The zero-order valence-electron chi connectivity index (χ0n) is 16.1. The monoisotopic (exact) mass is 387 g/mol. The number of rotatable bonds is 7. The maximum Gasteiger partial charge on any atom is 0.170 e. The van der Waals surface area contributed by atoms with Gasteiger partial charge in [-0.25, -0.2) is 0 Å². The van der Waals surface area contributed by atoms with Gasteiger partial charge in [0.2, 0.25) is 0 Å². The number of aliphatic imine (C=N–C) groups is 1. The Morgan fingerprint density at radius 1 is 1.00 bits per heavy atom. The van der Waals surface area contributed by atoms with E-state index in [4.69, 9.17) is 9.47 Å². The van der Waals surface area contributed by atoms with Crippen molar-refractivity contribution in [3.63, 3.8) is 0 Å². The summed E-state index contributed by atoms with van der Waals surface area (Å²) in [4.78, 5) is 20.8. The van der Waals surface area contributed by atoms with E-state index in [-0.39, 0.29) is 5.78 Å². The molecule has 146 valence electrons. The number of nitrogens with one attached hydrogen (secondary N) is 1. The lowest BCUT2D eigenvalue weighted by Crippen LogP contribution is -2.21. The van der Waals surface area contributed by atoms with Crippen LogP contribution in [0.1, 0.15) is 22.3 Å². The quantitative estimate of drug-likeness (QED) is 0.649. The number of anilines is 1. The van der Waals surface area contributed by atoms with E-state index in [1.807, 2.05) is 48.5 Å². The first-order valence-corrected chi connectivity index (χ1v) is 9.34. The molecule has 1 aromatic heterocycles. The number of methoxy groups -OCH3 is 1. The fourth-order valence-corrected chi connectivity index (χ4v) is 3.07. The van der Waals surface area contributed by atoms with Crippen LogP contribution in [0, 0.1) is 0 Å². The minimum absolute atomic E-state index is 0.0801. The Balaban J connectivity index is 1.32. The van der Waals surface area contributed by atoms with E-state index in [2.05, 4.69) is 15.3 Å². The molecule has 0 unspecified atom stereocenters. The van der Waals surface area contributed by atoms with Gasteiger partial charge in [-0.05, 0) is 48.0 Å². The lowest BCUT2D eigenvalue weighted by Gasteiger charge is -2.15. The number of hydrogen-bond acceptors (Lipinski definition) is 6. The maximum atomic E-state index is 12.2. The molecule has 1 aliphatic rings. The predicted octanol–water partition coefficient (Wildman–Crippen LogP) is 4.44. The Labute approximate surface area is 169 Å². The van der Waals surface area contributed by atoms with E-state index in [1.165, 1.54) is 0 Å². The largest absolute Gasteiger partial charge is 0.497 e. The highest BCUT2D eigenvalue weighted by atomic mass is 16.5. The van der Waals surface area contributed by atoms with Crippen molar-refractivity contribution in [1.82, 2.24) is 4.98 Å². The molecule has 0 atom stereocenters. The van der Waals surface area contributed by atoms with E-state index < -0.39 is 0 Å². The third kappa shape index (κ3) is 4.60. The van der Waals surface area contributed by atoms with Gasteiger partial charge in [0.15, 0.2) is 5.78 Å². The Hall–Kier alpha value is -3.67. The number of pyridine rings is 1. The van der Waals surface area contributed by atoms with Crippen LogP contribution in [0.15, 0.2) is 72.0 Å². The van der Waals surface area contributed by atoms with Crippen molar-refractivity contribution < 1.29 is 14.3 Å². The molecule has 0 fully saturated rings. The number of aromatic nitrogens is 1. The van der Waals surface area contributed by atoms with Crippen LogP contribution in [-0.4, -0.2) is 30.1 Å². The molecule has 4 rings (SSSR count). The van der Waals surface area contributed by atoms with E-state index in [1.54, 1.807) is 25.6 Å². The lowest BCUT2D eigenvalue weighted by molar-refractivity contribution is 0.0999. The van der Waals surface area contributed by atoms with Gasteiger partial charge in [0.1, 0.15) is 18.1 Å². The van der Waals surface area contributed by atoms with Gasteiger partial charge >= 0.3 is 0 Å². The van der Waals surface area contributed by atoms with Crippen molar-refractivity contribution in [3.8, 4) is 11.5 Å². The molecule has 1 aliphatic heterocycles. The second-order valence-electron chi connectivity index (χ2n) is 6.69. The number of nitrogens with zero attached hydrogens (tertiary/aromatic N) is 2. The molecule has 3 aromatic rings. The molecule has 0 spiro atoms. The third-order valence-electron chi connectivity index (χ3n) is 4.66. The SMILES string of the molecule is COc1ccc(COc2ccc(NCC3=Nc4cnccc4C(=O)C3)cc2)cc1. The first-order chi connectivity index (χ1) is 14.2. The van der Waals surface area contributed by atoms with Crippen LogP contribution >= 0.6 is 0 Å². The van der Waals surface area contributed by atoms with Gasteiger partial charge in [-0.2, -0.15) is 0 Å². The summed E-state index contributed by atoms with van der Waals surface area (Å²) in [6.45, 7) is 0.995. The van der Waals surface area contributed by atoms with Crippen LogP contribution in [0.5, 0.6) is 11.5 Å². The van der Waals surface area contributed by atoms with Crippen LogP contribution < -0.4 is 14.8 Å². The molecule has 29 heavy (non-hydrogen) atoms. The van der Waals surface area contributed by atoms with Gasteiger partial charge in [-0.15, -0.1) is 0 Å². The normalized spacial score (nSPS) is 12.7. The first-order valence-electron chi connectivity index (χ1n) is 9.34. The van der Waals surface area contributed by atoms with E-state index >= 15 is 0 Å². The van der Waals surface area contributed by atoms with Crippen LogP contribution in [0.25, 0.3) is 0 Å². The highest BCUT2D eigenvalue weighted by Gasteiger charge is 2.19. The number of ether oxygens (including phenoxy) is 2. The van der Waals surface area contributed by atoms with Gasteiger partial charge in [0.25, 0.3) is 0 Å². The van der Waals surface area contributed by atoms with Crippen LogP contribution in [0.3, 0.4) is 0 Å². The molecular formula is C23H21N3O3. The standard InChI is InChI=1S/C23H21N3O3/c1-28-19-6-2-16(3-7-19)15-29-20-8-4-17(5-9-20)25-13-18-12-23(27)21-10-11-24-14-22(21)26-18/h2-11,14,25H,12-13,15H2,1H3. The number of benzene rings is 2. The fraction of sp³-hybridized carbons (Fsp3) is 0.174. The molecule has 0 radical (unpaired) electrons. The Morgan fingerprint density at radius 2 is 1.76 bits per heavy atom. The molecule has 6 nitrogen and oxygen atoms in total. The molecule has 0 saturated carbocycles. The molecule has 0 amide bonds. The van der Waals surface area contributed by atoms with Crippen molar-refractivity contribution in [2.75, 3.05) is 19.0 Å². The Morgan fingerprint density at radius 3 is 2.52 bits per heavy atom. The second-order valence-corrected chi connectivity index (χ2v) is 6.69. The average molecular weight is 387 g/mol. The molecule has 6 heteroatoms. The number of carbonyl (C=O) groups excluding carboxylic acids is 1. The number of carbonyl (C=O) groups is 1. The zero-order valence-corrected chi connectivity index (χ0v) is 16.1. The summed E-state index contributed by atoms with van der Waals surface area (Å²) in [5, 5.41) is 3.31. The zero-order chi connectivity index (χ0) is 20.1. The van der Waals surface area contributed by atoms with Gasteiger partial charge in [0.05, 0.1) is 32.0 Å². The predicted molar refractivity (Wildman–Crippen MR) is 113 cm³/mol. The summed E-state index contributed by atoms with van der Waals surface area (Å²) in [5.41, 5.74) is 4.09. The fourth-order valence-electron chi connectivity index (χ4n) is 3.07. The number of ketones is 1. The topological polar surface area (TPSA) is 72.8 Å². The number of fused-ring (bicyclic) bond motifs is 1. The number of hydrogen-bond donors (Lipinski definition) is 1. The van der Waals surface area contributed by atoms with Gasteiger partial charge in [-0.3, -0.25) is 14.8 Å². The molecular weight excluding hydrogens is 366 g/mol. The van der Waals surface area contributed by atoms with Gasteiger partial charge in [0, 0.05) is 23.2 Å². The summed E-state index contributed by atoms with van der Waals surface area (Å²) >= 11 is 0. The van der Waals surface area contributed by atoms with Crippen molar-refractivity contribution in [1.29, 1.82) is 0 Å². The third-order valence-corrected chi connectivity index (χ3v) is 4.66. The number of Topliss-reactive ketones (excluding diaryl/α,β-unsaturated/α-hetero) is 1. The summed E-state index contributed by atoms with van der Waals surface area (Å²) in [6.07, 6.45) is 3.57. The van der Waals surface area contributed by atoms with Crippen LogP contribution in [-0.2, 0) is 6.61 Å². The summed E-state index contributed by atoms with van der Waals surface area (Å²) in [5.74, 6) is 1.70. The van der Waals surface area contributed by atoms with E-state index in [9.17, 15) is 4.79 Å².